The first kappa shape index (κ1) is 30.9. The van der Waals surface area contributed by atoms with Crippen molar-refractivity contribution in [2.75, 3.05) is 39.8 Å². The number of halogens is 2. The van der Waals surface area contributed by atoms with Gasteiger partial charge in [-0.2, -0.15) is 5.21 Å². The molecule has 0 saturated carbocycles. The van der Waals surface area contributed by atoms with Crippen LogP contribution >= 0.6 is 23.2 Å². The summed E-state index contributed by atoms with van der Waals surface area (Å²) in [6, 6.07) is 14.8. The summed E-state index contributed by atoms with van der Waals surface area (Å²) in [5, 5.41) is 15.2. The van der Waals surface area contributed by atoms with Gasteiger partial charge in [-0.05, 0) is 98.1 Å². The molecule has 2 aliphatic rings. The van der Waals surface area contributed by atoms with Crippen LogP contribution in [0.3, 0.4) is 0 Å². The van der Waals surface area contributed by atoms with Crippen molar-refractivity contribution in [3.05, 3.63) is 87.7 Å². The Morgan fingerprint density at radius 2 is 1.84 bits per heavy atom. The number of aromatic nitrogens is 5. The fourth-order valence-corrected chi connectivity index (χ4v) is 7.08. The summed E-state index contributed by atoms with van der Waals surface area (Å²) < 4.78 is 5.57. The van der Waals surface area contributed by atoms with Gasteiger partial charge >= 0.3 is 0 Å². The van der Waals surface area contributed by atoms with Crippen LogP contribution < -0.4 is 10.5 Å². The Bertz CT molecular complexity index is 1680. The van der Waals surface area contributed by atoms with E-state index in [-0.39, 0.29) is 17.2 Å². The normalized spacial score (nSPS) is 19.8. The largest absolute Gasteiger partial charge is 0.496 e. The molecule has 2 amide bonds. The lowest BCUT2D eigenvalue weighted by Crippen LogP contribution is -2.50. The van der Waals surface area contributed by atoms with Crippen molar-refractivity contribution in [1.82, 2.24) is 35.4 Å². The number of likely N-dealkylation sites (tertiary alicyclic amines) is 2. The minimum absolute atomic E-state index is 0.139. The van der Waals surface area contributed by atoms with Crippen LogP contribution in [-0.2, 0) is 15.6 Å². The molecule has 234 valence electrons. The first-order valence-corrected chi connectivity index (χ1v) is 15.6. The van der Waals surface area contributed by atoms with Crippen LogP contribution in [0.25, 0.3) is 11.4 Å². The summed E-state index contributed by atoms with van der Waals surface area (Å²) in [6.45, 7) is 3.27. The van der Waals surface area contributed by atoms with Crippen LogP contribution in [0.1, 0.15) is 47.2 Å². The number of piperidine rings is 1. The highest BCUT2D eigenvalue weighted by Crippen LogP contribution is 2.42. The Morgan fingerprint density at radius 1 is 1.02 bits per heavy atom. The Balaban J connectivity index is 1.23. The molecule has 3 N–H and O–H groups in total. The van der Waals surface area contributed by atoms with Crippen molar-refractivity contribution in [1.29, 1.82) is 0 Å². The molecule has 2 aromatic heterocycles. The van der Waals surface area contributed by atoms with Gasteiger partial charge in [-0.15, -0.1) is 10.2 Å². The molecule has 2 aliphatic heterocycles. The number of aromatic amines is 1. The number of nitrogens with zero attached hydrogens (tertiary/aromatic N) is 6. The molecule has 0 aliphatic carbocycles. The van der Waals surface area contributed by atoms with Crippen molar-refractivity contribution >= 4 is 35.0 Å². The lowest BCUT2D eigenvalue weighted by Gasteiger charge is -2.41. The van der Waals surface area contributed by atoms with Crippen molar-refractivity contribution in [3.8, 4) is 17.1 Å². The van der Waals surface area contributed by atoms with Gasteiger partial charge in [0, 0.05) is 36.5 Å². The minimum Gasteiger partial charge on any atom is -0.496 e. The second kappa shape index (κ2) is 12.7. The molecule has 4 aromatic rings. The summed E-state index contributed by atoms with van der Waals surface area (Å²) in [7, 11) is 1.55. The van der Waals surface area contributed by atoms with E-state index >= 15 is 0 Å². The molecule has 0 bridgehead atoms. The predicted molar refractivity (Wildman–Crippen MR) is 170 cm³/mol. The number of carbonyl (C=O) groups is 2. The molecule has 6 rings (SSSR count). The molecule has 4 heterocycles. The van der Waals surface area contributed by atoms with Gasteiger partial charge in [0.1, 0.15) is 5.75 Å². The molecule has 13 heteroatoms. The average molecular weight is 650 g/mol. The van der Waals surface area contributed by atoms with Crippen LogP contribution in [0.4, 0.5) is 0 Å². The Labute approximate surface area is 271 Å². The molecule has 2 fully saturated rings. The number of benzene rings is 2. The molecular weight excluding hydrogens is 615 g/mol. The van der Waals surface area contributed by atoms with Crippen LogP contribution in [0, 0.1) is 0 Å². The summed E-state index contributed by atoms with van der Waals surface area (Å²) in [4.78, 5) is 35.2. The zero-order valence-electron chi connectivity index (χ0n) is 24.9. The molecule has 1 atom stereocenters. The third-order valence-corrected chi connectivity index (χ3v) is 10.2. The number of carbonyl (C=O) groups excluding carboxylic acids is 2. The minimum atomic E-state index is -0.724. The third-order valence-electron chi connectivity index (χ3n) is 9.51. The maximum absolute atomic E-state index is 14.0. The zero-order valence-corrected chi connectivity index (χ0v) is 26.4. The molecule has 2 saturated heterocycles. The third kappa shape index (κ3) is 5.99. The van der Waals surface area contributed by atoms with Gasteiger partial charge in [0.25, 0.3) is 5.91 Å². The second-order valence-corrected chi connectivity index (χ2v) is 12.6. The number of nitrogens with two attached hydrogens (primary N) is 1. The number of amides is 2. The molecule has 0 unspecified atom stereocenters. The predicted octanol–water partition coefficient (Wildman–Crippen LogP) is 4.27. The van der Waals surface area contributed by atoms with Crippen LogP contribution in [-0.4, -0.2) is 87.1 Å². The van der Waals surface area contributed by atoms with Crippen LogP contribution in [0.2, 0.25) is 10.0 Å². The molecule has 0 radical (unpaired) electrons. The average Bonchev–Trinajstić information content (AvgIpc) is 3.77. The highest BCUT2D eigenvalue weighted by molar-refractivity contribution is 6.42. The lowest BCUT2D eigenvalue weighted by molar-refractivity contribution is -0.125. The molecule has 45 heavy (non-hydrogen) atoms. The fourth-order valence-electron chi connectivity index (χ4n) is 6.78. The monoisotopic (exact) mass is 648 g/mol. The number of pyridine rings is 1. The topological polar surface area (TPSA) is 143 Å². The van der Waals surface area contributed by atoms with Crippen molar-refractivity contribution in [2.24, 2.45) is 5.73 Å². The number of rotatable bonds is 9. The Hall–Kier alpha value is -4.06. The molecule has 0 spiro atoms. The quantitative estimate of drug-likeness (QED) is 0.274. The summed E-state index contributed by atoms with van der Waals surface area (Å²) in [5.41, 5.74) is 7.87. The van der Waals surface area contributed by atoms with Gasteiger partial charge in [-0.25, -0.2) is 0 Å². The van der Waals surface area contributed by atoms with Crippen LogP contribution in [0.15, 0.2) is 60.9 Å². The van der Waals surface area contributed by atoms with E-state index < -0.39 is 5.41 Å². The fraction of sp³-hybridized carbons (Fsp3) is 0.375. The van der Waals surface area contributed by atoms with Gasteiger partial charge in [0.15, 0.2) is 0 Å². The first-order valence-electron chi connectivity index (χ1n) is 14.8. The Kier molecular flexibility index (Phi) is 8.76. The van der Waals surface area contributed by atoms with E-state index in [4.69, 9.17) is 33.7 Å². The van der Waals surface area contributed by atoms with Crippen molar-refractivity contribution < 1.29 is 14.3 Å². The van der Waals surface area contributed by atoms with Crippen molar-refractivity contribution in [2.45, 2.75) is 36.5 Å². The Morgan fingerprint density at radius 3 is 2.51 bits per heavy atom. The van der Waals surface area contributed by atoms with E-state index in [0.29, 0.717) is 58.7 Å². The highest BCUT2D eigenvalue weighted by atomic mass is 35.5. The standard InChI is InChI=1S/C32H34Cl2N8O3/c1-45-27-7-4-21(28-37-39-40-38-28)17-24(27)29(43)42-16-9-31(20-42,22-5-6-25(33)26(34)18-22)8-13-41-14-10-32(11-15-41,30(35)44)23-3-2-12-36-19-23/h2-7,12,17-19H,8-11,13-16,20H2,1H3,(H2,35,44)(H,37,38,39,40)/t31-/m0/s1. The van der Waals surface area contributed by atoms with Gasteiger partial charge in [0.05, 0.1) is 28.1 Å². The van der Waals surface area contributed by atoms with Crippen LogP contribution in [0.5, 0.6) is 5.75 Å². The van der Waals surface area contributed by atoms with E-state index in [1.807, 2.05) is 35.2 Å². The summed E-state index contributed by atoms with van der Waals surface area (Å²) >= 11 is 12.8. The number of tetrazole rings is 1. The van der Waals surface area contributed by atoms with E-state index in [9.17, 15) is 9.59 Å². The van der Waals surface area contributed by atoms with Gasteiger partial charge < -0.3 is 20.3 Å². The number of H-pyrrole nitrogens is 1. The molecular formula is C32H34Cl2N8O3. The van der Waals surface area contributed by atoms with Gasteiger partial charge in [-0.1, -0.05) is 35.3 Å². The second-order valence-electron chi connectivity index (χ2n) is 11.8. The van der Waals surface area contributed by atoms with Gasteiger partial charge in [-0.3, -0.25) is 14.6 Å². The van der Waals surface area contributed by atoms with E-state index in [1.54, 1.807) is 37.7 Å². The summed E-state index contributed by atoms with van der Waals surface area (Å²) in [5.74, 6) is 0.411. The molecule has 2 aromatic carbocycles. The lowest BCUT2D eigenvalue weighted by atomic mass is 9.72. The number of nitrogens with one attached hydrogen (secondary N) is 1. The maximum atomic E-state index is 14.0. The zero-order chi connectivity index (χ0) is 31.6. The molecule has 11 nitrogen and oxygen atoms in total. The number of hydrogen-bond acceptors (Lipinski definition) is 8. The van der Waals surface area contributed by atoms with Crippen molar-refractivity contribution in [3.63, 3.8) is 0 Å². The number of methoxy groups -OCH3 is 1. The SMILES string of the molecule is COc1ccc(-c2nn[nH]n2)cc1C(=O)N1CC[C@](CCN2CCC(C(N)=O)(c3cccnc3)CC2)(c2ccc(Cl)c(Cl)c2)C1. The maximum Gasteiger partial charge on any atom is 0.257 e. The number of ether oxygens (including phenoxy) is 1. The number of hydrogen-bond donors (Lipinski definition) is 2. The smallest absolute Gasteiger partial charge is 0.257 e. The van der Waals surface area contributed by atoms with Gasteiger partial charge in [0.2, 0.25) is 11.7 Å². The first-order chi connectivity index (χ1) is 21.7. The van der Waals surface area contributed by atoms with E-state index in [1.165, 1.54) is 0 Å². The summed E-state index contributed by atoms with van der Waals surface area (Å²) in [6.07, 6.45) is 6.22. The van der Waals surface area contributed by atoms with E-state index in [2.05, 4.69) is 30.5 Å². The highest BCUT2D eigenvalue weighted by Gasteiger charge is 2.45. The number of primary amides is 1. The van der Waals surface area contributed by atoms with E-state index in [0.717, 1.165) is 43.6 Å².